The fourth-order valence-corrected chi connectivity index (χ4v) is 4.17. The van der Waals surface area contributed by atoms with Crippen molar-refractivity contribution in [3.8, 4) is 5.75 Å². The lowest BCUT2D eigenvalue weighted by Gasteiger charge is -2.36. The molecule has 192 valence electrons. The highest BCUT2D eigenvalue weighted by Crippen LogP contribution is 2.25. The molecule has 2 aromatic rings. The molecule has 2 saturated heterocycles. The average molecular weight is 496 g/mol. The van der Waals surface area contributed by atoms with E-state index >= 15 is 0 Å². The maximum atomic E-state index is 13.2. The Labute approximate surface area is 211 Å². The van der Waals surface area contributed by atoms with E-state index in [2.05, 4.69) is 9.88 Å². The fourth-order valence-electron chi connectivity index (χ4n) is 4.17. The van der Waals surface area contributed by atoms with Crippen molar-refractivity contribution >= 4 is 29.5 Å². The van der Waals surface area contributed by atoms with Crippen LogP contribution in [0.15, 0.2) is 42.6 Å². The Morgan fingerprint density at radius 1 is 0.972 bits per heavy atom. The molecule has 3 heterocycles. The van der Waals surface area contributed by atoms with Gasteiger partial charge in [0.1, 0.15) is 17.2 Å². The standard InChI is InChI=1S/C26H33N5O5/c1-26(2,3)36-25(34)29-15-13-28(14-16-29)22-10-7-20(17-27-22)30-12-11-23(32)31(24(30)33)18-19-5-8-21(35-4)9-6-19/h5-10,17H,11-16,18H2,1-4H3. The van der Waals surface area contributed by atoms with Gasteiger partial charge in [-0.3, -0.25) is 14.6 Å². The van der Waals surface area contributed by atoms with Crippen molar-refractivity contribution in [2.45, 2.75) is 39.3 Å². The van der Waals surface area contributed by atoms with Gasteiger partial charge in [-0.05, 0) is 50.6 Å². The highest BCUT2D eigenvalue weighted by atomic mass is 16.6. The van der Waals surface area contributed by atoms with Gasteiger partial charge in [-0.15, -0.1) is 0 Å². The zero-order valence-electron chi connectivity index (χ0n) is 21.3. The number of nitrogens with zero attached hydrogens (tertiary/aromatic N) is 5. The summed E-state index contributed by atoms with van der Waals surface area (Å²) >= 11 is 0. The highest BCUT2D eigenvalue weighted by molar-refractivity contribution is 6.05. The first-order chi connectivity index (χ1) is 17.1. The molecule has 2 aliphatic rings. The van der Waals surface area contributed by atoms with Crippen LogP contribution in [0.25, 0.3) is 0 Å². The summed E-state index contributed by atoms with van der Waals surface area (Å²) in [6.45, 7) is 8.45. The number of imide groups is 1. The number of amides is 4. The van der Waals surface area contributed by atoms with Gasteiger partial charge in [0.2, 0.25) is 5.91 Å². The lowest BCUT2D eigenvalue weighted by atomic mass is 10.1. The van der Waals surface area contributed by atoms with Crippen molar-refractivity contribution in [1.82, 2.24) is 14.8 Å². The Bertz CT molecular complexity index is 1090. The molecule has 4 rings (SSSR count). The molecule has 0 spiro atoms. The Morgan fingerprint density at radius 2 is 1.67 bits per heavy atom. The summed E-state index contributed by atoms with van der Waals surface area (Å²) in [6.07, 6.45) is 1.60. The summed E-state index contributed by atoms with van der Waals surface area (Å²) < 4.78 is 10.6. The van der Waals surface area contributed by atoms with Crippen molar-refractivity contribution in [3.05, 3.63) is 48.2 Å². The van der Waals surface area contributed by atoms with Gasteiger partial charge in [0.25, 0.3) is 0 Å². The maximum absolute atomic E-state index is 13.2. The predicted octanol–water partition coefficient (Wildman–Crippen LogP) is 3.51. The summed E-state index contributed by atoms with van der Waals surface area (Å²) in [6, 6.07) is 10.7. The number of hydrogen-bond donors (Lipinski definition) is 0. The molecule has 0 aliphatic carbocycles. The van der Waals surface area contributed by atoms with Crippen molar-refractivity contribution in [2.24, 2.45) is 0 Å². The first-order valence-corrected chi connectivity index (χ1v) is 12.1. The van der Waals surface area contributed by atoms with E-state index in [1.54, 1.807) is 23.1 Å². The zero-order valence-corrected chi connectivity index (χ0v) is 21.3. The summed E-state index contributed by atoms with van der Waals surface area (Å²) in [7, 11) is 1.59. The van der Waals surface area contributed by atoms with E-state index in [0.29, 0.717) is 44.2 Å². The third-order valence-corrected chi connectivity index (χ3v) is 6.11. The van der Waals surface area contributed by atoms with E-state index in [9.17, 15) is 14.4 Å². The molecule has 0 N–H and O–H groups in total. The van der Waals surface area contributed by atoms with Crippen LogP contribution in [0.1, 0.15) is 32.8 Å². The molecule has 0 atom stereocenters. The van der Waals surface area contributed by atoms with Crippen LogP contribution in [0.3, 0.4) is 0 Å². The predicted molar refractivity (Wildman–Crippen MR) is 135 cm³/mol. The minimum Gasteiger partial charge on any atom is -0.497 e. The van der Waals surface area contributed by atoms with E-state index in [1.165, 1.54) is 4.90 Å². The summed E-state index contributed by atoms with van der Waals surface area (Å²) in [4.78, 5) is 49.2. The van der Waals surface area contributed by atoms with Crippen LogP contribution in [0.5, 0.6) is 5.75 Å². The number of ether oxygens (including phenoxy) is 2. The van der Waals surface area contributed by atoms with Crippen molar-refractivity contribution < 1.29 is 23.9 Å². The molecular formula is C26H33N5O5. The number of urea groups is 1. The van der Waals surface area contributed by atoms with E-state index in [1.807, 2.05) is 57.2 Å². The Hall–Kier alpha value is -3.82. The number of piperazine rings is 1. The van der Waals surface area contributed by atoms with Gasteiger partial charge in [0.05, 0.1) is 25.5 Å². The Balaban J connectivity index is 1.37. The molecule has 10 heteroatoms. The topological polar surface area (TPSA) is 95.5 Å². The van der Waals surface area contributed by atoms with Crippen LogP contribution in [-0.4, -0.2) is 78.2 Å². The number of carbonyl (C=O) groups is 3. The zero-order chi connectivity index (χ0) is 25.9. The fraction of sp³-hybridized carbons (Fsp3) is 0.462. The van der Waals surface area contributed by atoms with Gasteiger partial charge >= 0.3 is 12.1 Å². The number of anilines is 2. The van der Waals surface area contributed by atoms with E-state index in [0.717, 1.165) is 11.4 Å². The number of rotatable bonds is 5. The number of hydrogen-bond acceptors (Lipinski definition) is 7. The second-order valence-corrected chi connectivity index (χ2v) is 9.84. The smallest absolute Gasteiger partial charge is 0.410 e. The van der Waals surface area contributed by atoms with E-state index in [-0.39, 0.29) is 31.0 Å². The third kappa shape index (κ3) is 5.87. The van der Waals surface area contributed by atoms with E-state index < -0.39 is 5.60 Å². The molecule has 36 heavy (non-hydrogen) atoms. The first kappa shape index (κ1) is 25.3. The van der Waals surface area contributed by atoms with Crippen molar-refractivity contribution in [2.75, 3.05) is 49.6 Å². The number of aromatic nitrogens is 1. The largest absolute Gasteiger partial charge is 0.497 e. The van der Waals surface area contributed by atoms with Gasteiger partial charge in [0.15, 0.2) is 0 Å². The monoisotopic (exact) mass is 495 g/mol. The van der Waals surface area contributed by atoms with Crippen LogP contribution >= 0.6 is 0 Å². The number of pyridine rings is 1. The SMILES string of the molecule is COc1ccc(CN2C(=O)CCN(c3ccc(N4CCN(C(=O)OC(C)(C)C)CC4)nc3)C2=O)cc1. The number of carbonyl (C=O) groups excluding carboxylic acids is 3. The molecule has 2 fully saturated rings. The van der Waals surface area contributed by atoms with Crippen LogP contribution < -0.4 is 14.5 Å². The van der Waals surface area contributed by atoms with Crippen LogP contribution in [-0.2, 0) is 16.1 Å². The third-order valence-electron chi connectivity index (χ3n) is 6.11. The van der Waals surface area contributed by atoms with Crippen LogP contribution in [0.4, 0.5) is 21.1 Å². The second-order valence-electron chi connectivity index (χ2n) is 9.84. The quantitative estimate of drug-likeness (QED) is 0.626. The molecule has 2 aliphatic heterocycles. The van der Waals surface area contributed by atoms with Gasteiger partial charge in [-0.2, -0.15) is 0 Å². The molecule has 0 saturated carbocycles. The summed E-state index contributed by atoms with van der Waals surface area (Å²) in [5.41, 5.74) is 0.966. The molecule has 10 nitrogen and oxygen atoms in total. The highest BCUT2D eigenvalue weighted by Gasteiger charge is 2.33. The van der Waals surface area contributed by atoms with Gasteiger partial charge in [0, 0.05) is 39.1 Å². The summed E-state index contributed by atoms with van der Waals surface area (Å²) in [5.74, 6) is 1.30. The number of methoxy groups -OCH3 is 1. The lowest BCUT2D eigenvalue weighted by molar-refractivity contribution is -0.129. The van der Waals surface area contributed by atoms with E-state index in [4.69, 9.17) is 9.47 Å². The van der Waals surface area contributed by atoms with Crippen molar-refractivity contribution in [3.63, 3.8) is 0 Å². The molecule has 4 amide bonds. The Kier molecular flexibility index (Phi) is 7.32. The average Bonchev–Trinajstić information content (AvgIpc) is 2.86. The summed E-state index contributed by atoms with van der Waals surface area (Å²) in [5, 5.41) is 0. The van der Waals surface area contributed by atoms with Crippen LogP contribution in [0, 0.1) is 0 Å². The molecule has 0 unspecified atom stereocenters. The molecule has 1 aromatic heterocycles. The first-order valence-electron chi connectivity index (χ1n) is 12.1. The lowest BCUT2D eigenvalue weighted by Crippen LogP contribution is -2.52. The molecule has 0 radical (unpaired) electrons. The van der Waals surface area contributed by atoms with Gasteiger partial charge in [-0.1, -0.05) is 12.1 Å². The van der Waals surface area contributed by atoms with Gasteiger partial charge < -0.3 is 19.3 Å². The second kappa shape index (κ2) is 10.4. The Morgan fingerprint density at radius 3 is 2.25 bits per heavy atom. The van der Waals surface area contributed by atoms with Crippen LogP contribution in [0.2, 0.25) is 0 Å². The van der Waals surface area contributed by atoms with Gasteiger partial charge in [-0.25, -0.2) is 14.6 Å². The van der Waals surface area contributed by atoms with Crippen molar-refractivity contribution in [1.29, 1.82) is 0 Å². The minimum absolute atomic E-state index is 0.195. The normalized spacial score (nSPS) is 16.9. The molecule has 0 bridgehead atoms. The minimum atomic E-state index is -0.522. The maximum Gasteiger partial charge on any atom is 0.410 e. The number of benzene rings is 1. The molecular weight excluding hydrogens is 462 g/mol. The molecule has 1 aromatic carbocycles.